The highest BCUT2D eigenvalue weighted by Crippen LogP contribution is 2.31. The molecule has 0 saturated carbocycles. The number of alkyl halides is 3. The monoisotopic (exact) mass is 500 g/mol. The summed E-state index contributed by atoms with van der Waals surface area (Å²) in [6, 6.07) is 5.06. The minimum Gasteiger partial charge on any atom is -0.489 e. The van der Waals surface area contributed by atoms with E-state index in [1.54, 1.807) is 23.7 Å². The Labute approximate surface area is 186 Å². The van der Waals surface area contributed by atoms with Crippen molar-refractivity contribution in [1.29, 1.82) is 0 Å². The van der Waals surface area contributed by atoms with E-state index in [4.69, 9.17) is 26.2 Å². The van der Waals surface area contributed by atoms with Gasteiger partial charge < -0.3 is 15.2 Å². The predicted molar refractivity (Wildman–Crippen MR) is 109 cm³/mol. The molecule has 1 saturated heterocycles. The van der Waals surface area contributed by atoms with Crippen LogP contribution < -0.4 is 10.1 Å². The molecular formula is C18H20ClF3N2O5S2. The number of hydrogen-bond donors (Lipinski definition) is 2. The van der Waals surface area contributed by atoms with E-state index < -0.39 is 22.0 Å². The number of benzene rings is 1. The number of aromatic nitrogens is 1. The molecule has 0 spiro atoms. The molecule has 31 heavy (non-hydrogen) atoms. The van der Waals surface area contributed by atoms with Crippen molar-refractivity contribution in [3.05, 3.63) is 39.8 Å². The minimum atomic E-state index is -5.08. The van der Waals surface area contributed by atoms with E-state index >= 15 is 0 Å². The Bertz CT molecular complexity index is 985. The lowest BCUT2D eigenvalue weighted by molar-refractivity contribution is -0.192. The predicted octanol–water partition coefficient (Wildman–Crippen LogP) is 3.92. The summed E-state index contributed by atoms with van der Waals surface area (Å²) in [6.45, 7) is 3.02. The van der Waals surface area contributed by atoms with Crippen molar-refractivity contribution >= 4 is 38.7 Å². The Balaban J connectivity index is 0.000000423. The van der Waals surface area contributed by atoms with Crippen molar-refractivity contribution in [2.75, 3.05) is 6.54 Å². The molecule has 2 atom stereocenters. The fraction of sp³-hybridized carbons (Fsp3) is 0.444. The zero-order valence-electron chi connectivity index (χ0n) is 16.2. The molecule has 0 aliphatic carbocycles. The van der Waals surface area contributed by atoms with Crippen LogP contribution in [-0.4, -0.2) is 49.3 Å². The maximum Gasteiger partial charge on any atom is 0.490 e. The molecule has 2 aromatic rings. The zero-order valence-corrected chi connectivity index (χ0v) is 18.6. The van der Waals surface area contributed by atoms with E-state index in [0.29, 0.717) is 21.8 Å². The third-order valence-corrected chi connectivity index (χ3v) is 7.05. The number of carboxylic acid groups (broad SMARTS) is 1. The number of nitrogens with zero attached hydrogens (tertiary/aromatic N) is 1. The number of thiazole rings is 1. The largest absolute Gasteiger partial charge is 0.490 e. The molecule has 1 aliphatic heterocycles. The smallest absolute Gasteiger partial charge is 0.489 e. The van der Waals surface area contributed by atoms with Crippen molar-refractivity contribution in [3.8, 4) is 5.75 Å². The zero-order chi connectivity index (χ0) is 23.2. The van der Waals surface area contributed by atoms with Crippen LogP contribution >= 0.6 is 22.9 Å². The summed E-state index contributed by atoms with van der Waals surface area (Å²) in [6.07, 6.45) is -1.58. The Kier molecular flexibility index (Phi) is 8.69. The van der Waals surface area contributed by atoms with Gasteiger partial charge in [0.2, 0.25) is 0 Å². The summed E-state index contributed by atoms with van der Waals surface area (Å²) in [5.41, 5.74) is 0. The number of sulfone groups is 1. The number of carboxylic acids is 1. The van der Waals surface area contributed by atoms with Crippen LogP contribution in [0.15, 0.2) is 34.7 Å². The Morgan fingerprint density at radius 1 is 1.42 bits per heavy atom. The third-order valence-electron chi connectivity index (χ3n) is 4.17. The second-order valence-electron chi connectivity index (χ2n) is 6.70. The number of rotatable bonds is 5. The van der Waals surface area contributed by atoms with Gasteiger partial charge in [0.15, 0.2) is 9.84 Å². The van der Waals surface area contributed by atoms with Crippen LogP contribution in [0.5, 0.6) is 5.75 Å². The Hall–Kier alpha value is -1.89. The molecular weight excluding hydrogens is 481 g/mol. The molecule has 7 nitrogen and oxygen atoms in total. The molecule has 3 rings (SSSR count). The van der Waals surface area contributed by atoms with E-state index in [2.05, 4.69) is 17.2 Å². The molecule has 0 amide bonds. The maximum absolute atomic E-state index is 12.5. The molecule has 1 aromatic heterocycles. The first-order valence-electron chi connectivity index (χ1n) is 8.99. The van der Waals surface area contributed by atoms with Gasteiger partial charge in [-0.1, -0.05) is 11.6 Å². The van der Waals surface area contributed by atoms with Gasteiger partial charge in [0.1, 0.15) is 22.6 Å². The van der Waals surface area contributed by atoms with Crippen LogP contribution in [0.4, 0.5) is 13.2 Å². The first-order valence-corrected chi connectivity index (χ1v) is 11.9. The summed E-state index contributed by atoms with van der Waals surface area (Å²) >= 11 is 7.58. The number of aliphatic carboxylic acids is 1. The summed E-state index contributed by atoms with van der Waals surface area (Å²) in [7, 11) is -3.47. The number of carbonyl (C=O) groups is 1. The van der Waals surface area contributed by atoms with E-state index in [1.165, 1.54) is 17.4 Å². The van der Waals surface area contributed by atoms with Crippen LogP contribution in [0.1, 0.15) is 24.8 Å². The molecule has 0 bridgehead atoms. The molecule has 0 radical (unpaired) electrons. The molecule has 1 aliphatic rings. The van der Waals surface area contributed by atoms with Gasteiger partial charge in [0.25, 0.3) is 0 Å². The molecule has 2 heterocycles. The van der Waals surface area contributed by atoms with E-state index in [0.717, 1.165) is 19.4 Å². The third kappa shape index (κ3) is 7.95. The summed E-state index contributed by atoms with van der Waals surface area (Å²) in [5, 5.41) is 13.1. The molecule has 2 N–H and O–H groups in total. The molecule has 172 valence electrons. The van der Waals surface area contributed by atoms with Gasteiger partial charge in [0.05, 0.1) is 9.92 Å². The highest BCUT2D eigenvalue weighted by molar-refractivity contribution is 7.90. The first kappa shape index (κ1) is 25.4. The van der Waals surface area contributed by atoms with Crippen LogP contribution in [0, 0.1) is 0 Å². The first-order chi connectivity index (χ1) is 14.4. The van der Waals surface area contributed by atoms with Crippen LogP contribution in [0.2, 0.25) is 5.02 Å². The highest BCUT2D eigenvalue weighted by atomic mass is 35.5. The topological polar surface area (TPSA) is 106 Å². The quantitative estimate of drug-likeness (QED) is 0.641. The van der Waals surface area contributed by atoms with Gasteiger partial charge in [0, 0.05) is 17.6 Å². The lowest BCUT2D eigenvalue weighted by Crippen LogP contribution is -2.40. The molecule has 1 fully saturated rings. The van der Waals surface area contributed by atoms with Gasteiger partial charge in [-0.15, -0.1) is 11.3 Å². The van der Waals surface area contributed by atoms with Crippen molar-refractivity contribution < 1.29 is 36.2 Å². The van der Waals surface area contributed by atoms with Gasteiger partial charge >= 0.3 is 12.1 Å². The fourth-order valence-electron chi connectivity index (χ4n) is 2.71. The molecule has 1 aromatic carbocycles. The number of ether oxygens (including phenoxy) is 1. The highest BCUT2D eigenvalue weighted by Gasteiger charge is 2.38. The average Bonchev–Trinajstić information content (AvgIpc) is 3.15. The normalized spacial score (nSPS) is 19.3. The number of hydrogen-bond acceptors (Lipinski definition) is 7. The van der Waals surface area contributed by atoms with Gasteiger partial charge in [-0.3, -0.25) is 0 Å². The lowest BCUT2D eigenvalue weighted by atomic mass is 10.0. The van der Waals surface area contributed by atoms with Crippen molar-refractivity contribution in [1.82, 2.24) is 10.3 Å². The summed E-state index contributed by atoms with van der Waals surface area (Å²) in [4.78, 5) is 13.1. The van der Waals surface area contributed by atoms with Crippen molar-refractivity contribution in [3.63, 3.8) is 0 Å². The second kappa shape index (κ2) is 10.6. The number of halogens is 4. The molecule has 13 heteroatoms. The molecule has 0 unspecified atom stereocenters. The van der Waals surface area contributed by atoms with Crippen molar-refractivity contribution in [2.24, 2.45) is 0 Å². The maximum atomic E-state index is 12.5. The SMILES string of the molecule is C[C@H]1C[C@@H](Oc2ccc(S(=O)(=O)Cc3nccs3)cc2Cl)CCN1.O=C(O)C(F)(F)F. The summed E-state index contributed by atoms with van der Waals surface area (Å²) in [5.74, 6) is -2.34. The van der Waals surface area contributed by atoms with Gasteiger partial charge in [-0.25, -0.2) is 18.2 Å². The van der Waals surface area contributed by atoms with E-state index in [1.807, 2.05) is 0 Å². The fourth-order valence-corrected chi connectivity index (χ4v) is 5.28. The Morgan fingerprint density at radius 2 is 2.10 bits per heavy atom. The van der Waals surface area contributed by atoms with Crippen molar-refractivity contribution in [2.45, 2.75) is 48.7 Å². The second-order valence-corrected chi connectivity index (χ2v) is 10.1. The minimum absolute atomic E-state index is 0.0940. The standard InChI is InChI=1S/C16H19ClN2O3S2.C2HF3O2/c1-11-8-12(4-5-18-11)22-15-3-2-13(9-14(15)17)24(20,21)10-16-19-6-7-23-16;3-2(4,5)1(6)7/h2-3,6-7,9,11-12,18H,4-5,8,10H2,1H3;(H,6,7)/t11-,12-;/m0./s1. The van der Waals surface area contributed by atoms with Crippen LogP contribution in [0.3, 0.4) is 0 Å². The average molecular weight is 501 g/mol. The lowest BCUT2D eigenvalue weighted by Gasteiger charge is -2.28. The summed E-state index contributed by atoms with van der Waals surface area (Å²) < 4.78 is 62.6. The Morgan fingerprint density at radius 3 is 2.61 bits per heavy atom. The van der Waals surface area contributed by atoms with Crippen LogP contribution in [-0.2, 0) is 20.4 Å². The van der Waals surface area contributed by atoms with Crippen LogP contribution in [0.25, 0.3) is 0 Å². The van der Waals surface area contributed by atoms with Gasteiger partial charge in [-0.2, -0.15) is 13.2 Å². The number of nitrogens with one attached hydrogen (secondary N) is 1. The van der Waals surface area contributed by atoms with E-state index in [9.17, 15) is 21.6 Å². The van der Waals surface area contributed by atoms with Gasteiger partial charge in [-0.05, 0) is 44.5 Å². The number of piperidine rings is 1. The van der Waals surface area contributed by atoms with E-state index in [-0.39, 0.29) is 16.8 Å².